The average molecular weight is 366 g/mol. The van der Waals surface area contributed by atoms with Crippen LogP contribution in [0, 0.1) is 0 Å². The largest absolute Gasteiger partial charge is 0.250 e. The van der Waals surface area contributed by atoms with Crippen LogP contribution in [0.15, 0.2) is 119 Å². The van der Waals surface area contributed by atoms with E-state index >= 15 is 0 Å². The lowest BCUT2D eigenvalue weighted by Crippen LogP contribution is -1.88. The molecule has 0 spiro atoms. The molecule has 0 saturated heterocycles. The van der Waals surface area contributed by atoms with Crippen LogP contribution in [0.2, 0.25) is 0 Å². The highest BCUT2D eigenvalue weighted by Crippen LogP contribution is 2.29. The van der Waals surface area contributed by atoms with Gasteiger partial charge in [-0.25, -0.2) is 4.98 Å². The van der Waals surface area contributed by atoms with Crippen LogP contribution in [-0.4, -0.2) is 4.98 Å². The second kappa shape index (κ2) is 8.52. The molecule has 0 bridgehead atoms. The maximum absolute atomic E-state index is 4.41. The summed E-state index contributed by atoms with van der Waals surface area (Å²) in [6.45, 7) is 0. The monoisotopic (exact) mass is 365 g/mol. The third-order valence-corrected chi connectivity index (χ3v) is 5.14. The Kier molecular flexibility index (Phi) is 5.47. The van der Waals surface area contributed by atoms with E-state index in [0.29, 0.717) is 0 Å². The summed E-state index contributed by atoms with van der Waals surface area (Å²) in [7, 11) is 0. The van der Waals surface area contributed by atoms with E-state index in [-0.39, 0.29) is 0 Å². The summed E-state index contributed by atoms with van der Waals surface area (Å²) in [5, 5.41) is 1.00. The van der Waals surface area contributed by atoms with Crippen molar-refractivity contribution in [1.29, 1.82) is 0 Å². The first-order chi connectivity index (χ1) is 13.4. The molecule has 1 nitrogen and oxygen atoms in total. The SMILES string of the molecule is C(=C(c1ccccc1)c1ccccc1)c1cccc(Sc2ccccn2)c1. The molecular weight excluding hydrogens is 346 g/mol. The van der Waals surface area contributed by atoms with Gasteiger partial charge >= 0.3 is 0 Å². The minimum atomic E-state index is 1.00. The van der Waals surface area contributed by atoms with Crippen molar-refractivity contribution < 1.29 is 0 Å². The molecule has 1 heterocycles. The Morgan fingerprint density at radius 1 is 0.667 bits per heavy atom. The van der Waals surface area contributed by atoms with E-state index in [2.05, 4.69) is 96.0 Å². The molecule has 3 aromatic carbocycles. The van der Waals surface area contributed by atoms with Gasteiger partial charge < -0.3 is 0 Å². The number of pyridine rings is 1. The molecule has 0 fully saturated rings. The molecule has 4 aromatic rings. The zero-order valence-corrected chi connectivity index (χ0v) is 15.6. The van der Waals surface area contributed by atoms with Crippen molar-refractivity contribution in [3.8, 4) is 0 Å². The summed E-state index contributed by atoms with van der Waals surface area (Å²) < 4.78 is 0. The number of rotatable bonds is 5. The standard InChI is InChI=1S/C25H19NS/c1-3-11-21(12-4-1)24(22-13-5-2-6-14-22)19-20-10-9-15-23(18-20)27-25-16-7-8-17-26-25/h1-19H. The van der Waals surface area contributed by atoms with Crippen molar-refractivity contribution in [2.24, 2.45) is 0 Å². The van der Waals surface area contributed by atoms with E-state index in [1.54, 1.807) is 11.8 Å². The number of hydrogen-bond acceptors (Lipinski definition) is 2. The summed E-state index contributed by atoms with van der Waals surface area (Å²) in [4.78, 5) is 5.59. The predicted molar refractivity (Wildman–Crippen MR) is 115 cm³/mol. The Balaban J connectivity index is 1.72. The fraction of sp³-hybridized carbons (Fsp3) is 0. The van der Waals surface area contributed by atoms with Gasteiger partial charge in [0.2, 0.25) is 0 Å². The van der Waals surface area contributed by atoms with Gasteiger partial charge in [-0.1, -0.05) is 90.6 Å². The zero-order valence-electron chi connectivity index (χ0n) is 14.8. The van der Waals surface area contributed by atoms with Crippen molar-refractivity contribution in [2.45, 2.75) is 9.92 Å². The topological polar surface area (TPSA) is 12.9 Å². The molecule has 4 rings (SSSR count). The smallest absolute Gasteiger partial charge is 0.101 e. The van der Waals surface area contributed by atoms with E-state index in [1.165, 1.54) is 27.2 Å². The minimum absolute atomic E-state index is 1.00. The normalized spacial score (nSPS) is 10.4. The zero-order chi connectivity index (χ0) is 18.3. The molecule has 0 aliphatic heterocycles. The van der Waals surface area contributed by atoms with E-state index < -0.39 is 0 Å². The number of benzene rings is 3. The van der Waals surface area contributed by atoms with E-state index in [9.17, 15) is 0 Å². The molecule has 0 aliphatic rings. The molecule has 0 saturated carbocycles. The summed E-state index contributed by atoms with van der Waals surface area (Å²) >= 11 is 1.68. The van der Waals surface area contributed by atoms with E-state index in [0.717, 1.165) is 5.03 Å². The summed E-state index contributed by atoms with van der Waals surface area (Å²) in [6.07, 6.45) is 4.09. The molecule has 1 aromatic heterocycles. The fourth-order valence-electron chi connectivity index (χ4n) is 2.93. The Bertz CT molecular complexity index is 984. The maximum atomic E-state index is 4.41. The first-order valence-corrected chi connectivity index (χ1v) is 9.72. The van der Waals surface area contributed by atoms with Gasteiger partial charge in [0.05, 0.1) is 0 Å². The van der Waals surface area contributed by atoms with Crippen LogP contribution in [-0.2, 0) is 0 Å². The van der Waals surface area contributed by atoms with Crippen LogP contribution in [0.5, 0.6) is 0 Å². The minimum Gasteiger partial charge on any atom is -0.250 e. The molecule has 0 aliphatic carbocycles. The third-order valence-electron chi connectivity index (χ3n) is 4.20. The lowest BCUT2D eigenvalue weighted by molar-refractivity contribution is 1.13. The molecule has 0 radical (unpaired) electrons. The second-order valence-electron chi connectivity index (χ2n) is 6.13. The molecule has 2 heteroatoms. The molecule has 0 atom stereocenters. The van der Waals surface area contributed by atoms with E-state index in [4.69, 9.17) is 0 Å². The Morgan fingerprint density at radius 3 is 1.96 bits per heavy atom. The Morgan fingerprint density at radius 2 is 1.33 bits per heavy atom. The van der Waals surface area contributed by atoms with Gasteiger partial charge in [0.25, 0.3) is 0 Å². The number of aromatic nitrogens is 1. The van der Waals surface area contributed by atoms with E-state index in [1.807, 2.05) is 24.4 Å². The highest BCUT2D eigenvalue weighted by Gasteiger charge is 2.05. The van der Waals surface area contributed by atoms with Crippen molar-refractivity contribution >= 4 is 23.4 Å². The Labute approximate surface area is 164 Å². The number of nitrogens with zero attached hydrogens (tertiary/aromatic N) is 1. The van der Waals surface area contributed by atoms with Crippen molar-refractivity contribution in [3.05, 3.63) is 126 Å². The molecule has 27 heavy (non-hydrogen) atoms. The van der Waals surface area contributed by atoms with Crippen LogP contribution in [0.1, 0.15) is 16.7 Å². The third kappa shape index (κ3) is 4.55. The average Bonchev–Trinajstić information content (AvgIpc) is 2.74. The van der Waals surface area contributed by atoms with Gasteiger partial charge in [-0.15, -0.1) is 0 Å². The van der Waals surface area contributed by atoms with Gasteiger partial charge in [-0.2, -0.15) is 0 Å². The highest BCUT2D eigenvalue weighted by atomic mass is 32.2. The fourth-order valence-corrected chi connectivity index (χ4v) is 3.77. The van der Waals surface area contributed by atoms with Crippen LogP contribution >= 0.6 is 11.8 Å². The van der Waals surface area contributed by atoms with Crippen LogP contribution in [0.3, 0.4) is 0 Å². The molecule has 0 N–H and O–H groups in total. The first-order valence-electron chi connectivity index (χ1n) is 8.90. The summed E-state index contributed by atoms with van der Waals surface area (Å²) in [5.74, 6) is 0. The lowest BCUT2D eigenvalue weighted by Gasteiger charge is -2.09. The van der Waals surface area contributed by atoms with Gasteiger partial charge in [-0.05, 0) is 52.6 Å². The van der Waals surface area contributed by atoms with Gasteiger partial charge in [-0.3, -0.25) is 0 Å². The molecule has 0 amide bonds. The van der Waals surface area contributed by atoms with Crippen LogP contribution in [0.4, 0.5) is 0 Å². The van der Waals surface area contributed by atoms with Gasteiger partial charge in [0.15, 0.2) is 0 Å². The molecule has 0 unspecified atom stereocenters. The maximum Gasteiger partial charge on any atom is 0.101 e. The lowest BCUT2D eigenvalue weighted by atomic mass is 9.96. The summed E-state index contributed by atoms with van der Waals surface area (Å²) in [6, 6.07) is 35.6. The molecule has 130 valence electrons. The van der Waals surface area contributed by atoms with Crippen molar-refractivity contribution in [3.63, 3.8) is 0 Å². The second-order valence-corrected chi connectivity index (χ2v) is 7.23. The van der Waals surface area contributed by atoms with Crippen LogP contribution < -0.4 is 0 Å². The highest BCUT2D eigenvalue weighted by molar-refractivity contribution is 7.99. The Hall–Kier alpha value is -3.10. The van der Waals surface area contributed by atoms with Gasteiger partial charge in [0, 0.05) is 11.1 Å². The van der Waals surface area contributed by atoms with Crippen LogP contribution in [0.25, 0.3) is 11.6 Å². The predicted octanol–water partition coefficient (Wildman–Crippen LogP) is 6.82. The molecular formula is C25H19NS. The van der Waals surface area contributed by atoms with Crippen molar-refractivity contribution in [1.82, 2.24) is 4.98 Å². The van der Waals surface area contributed by atoms with Crippen molar-refractivity contribution in [2.75, 3.05) is 0 Å². The van der Waals surface area contributed by atoms with Gasteiger partial charge in [0.1, 0.15) is 5.03 Å². The summed E-state index contributed by atoms with van der Waals surface area (Å²) in [5.41, 5.74) is 4.83. The first kappa shape index (κ1) is 17.3. The number of hydrogen-bond donors (Lipinski definition) is 0. The quantitative estimate of drug-likeness (QED) is 0.360.